The molecule has 5 nitrogen and oxygen atoms in total. The summed E-state index contributed by atoms with van der Waals surface area (Å²) in [5, 5.41) is 11.6. The third kappa shape index (κ3) is 4.01. The number of rotatable bonds is 7. The summed E-state index contributed by atoms with van der Waals surface area (Å²) in [6, 6.07) is 5.33. The van der Waals surface area contributed by atoms with E-state index in [2.05, 4.69) is 0 Å². The normalized spacial score (nSPS) is 17.8. The Balaban J connectivity index is 2.46. The SMILES string of the molecule is CCOC(=O)CC(O)(c1cc(OC)ccc1OC)C1CCCCC1. The zero-order chi connectivity index (χ0) is 17.6. The van der Waals surface area contributed by atoms with E-state index in [1.165, 1.54) is 6.42 Å². The van der Waals surface area contributed by atoms with Crippen molar-refractivity contribution in [1.82, 2.24) is 0 Å². The third-order valence-corrected chi connectivity index (χ3v) is 4.87. The Kier molecular flexibility index (Phi) is 6.49. The maximum absolute atomic E-state index is 12.2. The number of methoxy groups -OCH3 is 2. The van der Waals surface area contributed by atoms with Crippen molar-refractivity contribution < 1.29 is 24.1 Å². The molecule has 0 saturated heterocycles. The number of aliphatic hydroxyl groups is 1. The number of hydrogen-bond acceptors (Lipinski definition) is 5. The highest BCUT2D eigenvalue weighted by Gasteiger charge is 2.43. The molecule has 0 bridgehead atoms. The quantitative estimate of drug-likeness (QED) is 0.773. The first kappa shape index (κ1) is 18.6. The number of benzene rings is 1. The van der Waals surface area contributed by atoms with Crippen LogP contribution in [0.1, 0.15) is 51.0 Å². The molecule has 0 radical (unpaired) electrons. The van der Waals surface area contributed by atoms with Gasteiger partial charge in [0.05, 0.1) is 27.2 Å². The molecule has 1 atom stereocenters. The van der Waals surface area contributed by atoms with Gasteiger partial charge in [-0.05, 0) is 43.9 Å². The van der Waals surface area contributed by atoms with Crippen LogP contribution in [0.3, 0.4) is 0 Å². The van der Waals surface area contributed by atoms with Crippen molar-refractivity contribution in [2.45, 2.75) is 51.0 Å². The van der Waals surface area contributed by atoms with Gasteiger partial charge in [-0.15, -0.1) is 0 Å². The molecule has 0 spiro atoms. The van der Waals surface area contributed by atoms with E-state index in [0.29, 0.717) is 23.7 Å². The van der Waals surface area contributed by atoms with Gasteiger partial charge in [0.1, 0.15) is 17.1 Å². The Morgan fingerprint density at radius 3 is 2.50 bits per heavy atom. The van der Waals surface area contributed by atoms with Crippen molar-refractivity contribution in [2.24, 2.45) is 5.92 Å². The van der Waals surface area contributed by atoms with Crippen molar-refractivity contribution in [3.05, 3.63) is 23.8 Å². The van der Waals surface area contributed by atoms with Gasteiger partial charge < -0.3 is 19.3 Å². The summed E-state index contributed by atoms with van der Waals surface area (Å²) >= 11 is 0. The minimum absolute atomic E-state index is 0.00309. The third-order valence-electron chi connectivity index (χ3n) is 4.87. The summed E-state index contributed by atoms with van der Waals surface area (Å²) in [5.74, 6) is 0.796. The Morgan fingerprint density at radius 2 is 1.92 bits per heavy atom. The summed E-state index contributed by atoms with van der Waals surface area (Å²) in [7, 11) is 3.15. The molecular weight excluding hydrogens is 308 g/mol. The molecule has 1 fully saturated rings. The van der Waals surface area contributed by atoms with Gasteiger partial charge in [-0.1, -0.05) is 19.3 Å². The first-order chi connectivity index (χ1) is 11.5. The second-order valence-electron chi connectivity index (χ2n) is 6.31. The standard InChI is InChI=1S/C19H28O5/c1-4-24-18(20)13-19(21,14-8-6-5-7-9-14)16-12-15(22-2)10-11-17(16)23-3/h10-12,14,21H,4-9,13H2,1-3H3. The van der Waals surface area contributed by atoms with Crippen molar-refractivity contribution in [3.8, 4) is 11.5 Å². The van der Waals surface area contributed by atoms with Gasteiger partial charge >= 0.3 is 5.97 Å². The van der Waals surface area contributed by atoms with Crippen molar-refractivity contribution in [2.75, 3.05) is 20.8 Å². The summed E-state index contributed by atoms with van der Waals surface area (Å²) in [5.41, 5.74) is -0.712. The lowest BCUT2D eigenvalue weighted by molar-refractivity contribution is -0.153. The Bertz CT molecular complexity index is 551. The number of ether oxygens (including phenoxy) is 3. The van der Waals surface area contributed by atoms with Crippen molar-refractivity contribution in [3.63, 3.8) is 0 Å². The van der Waals surface area contributed by atoms with Gasteiger partial charge in [0, 0.05) is 5.56 Å². The monoisotopic (exact) mass is 336 g/mol. The highest BCUT2D eigenvalue weighted by atomic mass is 16.5. The van der Waals surface area contributed by atoms with Crippen LogP contribution in [0.15, 0.2) is 18.2 Å². The van der Waals surface area contributed by atoms with E-state index >= 15 is 0 Å². The topological polar surface area (TPSA) is 65.0 Å². The highest BCUT2D eigenvalue weighted by Crippen LogP contribution is 2.46. The fraction of sp³-hybridized carbons (Fsp3) is 0.632. The fourth-order valence-corrected chi connectivity index (χ4v) is 3.62. The van der Waals surface area contributed by atoms with E-state index in [9.17, 15) is 9.90 Å². The molecule has 0 amide bonds. The van der Waals surface area contributed by atoms with Crippen LogP contribution < -0.4 is 9.47 Å². The highest BCUT2D eigenvalue weighted by molar-refractivity contribution is 5.71. The smallest absolute Gasteiger partial charge is 0.309 e. The maximum Gasteiger partial charge on any atom is 0.309 e. The van der Waals surface area contributed by atoms with Crippen LogP contribution in [0.2, 0.25) is 0 Å². The van der Waals surface area contributed by atoms with E-state index in [-0.39, 0.29) is 12.3 Å². The average Bonchev–Trinajstić information content (AvgIpc) is 2.62. The Morgan fingerprint density at radius 1 is 1.21 bits per heavy atom. The molecule has 134 valence electrons. The van der Waals surface area contributed by atoms with Crippen LogP contribution in [0, 0.1) is 5.92 Å². The van der Waals surface area contributed by atoms with E-state index in [0.717, 1.165) is 25.7 Å². The molecule has 0 heterocycles. The van der Waals surface area contributed by atoms with Gasteiger partial charge in [-0.3, -0.25) is 4.79 Å². The molecule has 1 aliphatic carbocycles. The molecule has 1 aromatic rings. The van der Waals surface area contributed by atoms with Crippen LogP contribution in [-0.2, 0) is 15.1 Å². The number of hydrogen-bond donors (Lipinski definition) is 1. The zero-order valence-electron chi connectivity index (χ0n) is 14.8. The lowest BCUT2D eigenvalue weighted by Crippen LogP contribution is -2.39. The van der Waals surface area contributed by atoms with Crippen molar-refractivity contribution in [1.29, 1.82) is 0 Å². The van der Waals surface area contributed by atoms with Crippen LogP contribution in [0.4, 0.5) is 0 Å². The predicted molar refractivity (Wildman–Crippen MR) is 91.3 cm³/mol. The number of carbonyl (C=O) groups excluding carboxylic acids is 1. The van der Waals surface area contributed by atoms with Gasteiger partial charge in [0.25, 0.3) is 0 Å². The minimum Gasteiger partial charge on any atom is -0.497 e. The molecule has 0 aromatic heterocycles. The molecule has 5 heteroatoms. The first-order valence-corrected chi connectivity index (χ1v) is 8.65. The first-order valence-electron chi connectivity index (χ1n) is 8.65. The number of esters is 1. The van der Waals surface area contributed by atoms with Crippen molar-refractivity contribution >= 4 is 5.97 Å². The second-order valence-corrected chi connectivity index (χ2v) is 6.31. The lowest BCUT2D eigenvalue weighted by Gasteiger charge is -2.39. The fourth-order valence-electron chi connectivity index (χ4n) is 3.62. The summed E-state index contributed by atoms with van der Waals surface area (Å²) < 4.78 is 15.9. The lowest BCUT2D eigenvalue weighted by atomic mass is 9.71. The van der Waals surface area contributed by atoms with E-state index in [1.807, 2.05) is 0 Å². The Labute approximate surface area is 143 Å². The van der Waals surface area contributed by atoms with Crippen LogP contribution >= 0.6 is 0 Å². The average molecular weight is 336 g/mol. The van der Waals surface area contributed by atoms with E-state index in [4.69, 9.17) is 14.2 Å². The predicted octanol–water partition coefficient (Wildman–Crippen LogP) is 3.42. The Hall–Kier alpha value is -1.75. The van der Waals surface area contributed by atoms with E-state index < -0.39 is 11.6 Å². The second kappa shape index (κ2) is 8.38. The van der Waals surface area contributed by atoms with E-state index in [1.54, 1.807) is 39.3 Å². The molecule has 1 aliphatic rings. The van der Waals surface area contributed by atoms with Gasteiger partial charge in [0.15, 0.2) is 0 Å². The molecule has 1 aromatic carbocycles. The molecule has 1 unspecified atom stereocenters. The molecule has 24 heavy (non-hydrogen) atoms. The zero-order valence-corrected chi connectivity index (χ0v) is 14.8. The molecule has 0 aliphatic heterocycles. The van der Waals surface area contributed by atoms with Gasteiger partial charge in [-0.2, -0.15) is 0 Å². The van der Waals surface area contributed by atoms with Gasteiger partial charge in [0.2, 0.25) is 0 Å². The maximum atomic E-state index is 12.2. The molecular formula is C19H28O5. The largest absolute Gasteiger partial charge is 0.497 e. The summed E-state index contributed by atoms with van der Waals surface area (Å²) in [6.07, 6.45) is 4.98. The van der Waals surface area contributed by atoms with Gasteiger partial charge in [-0.25, -0.2) is 0 Å². The summed E-state index contributed by atoms with van der Waals surface area (Å²) in [4.78, 5) is 12.2. The van der Waals surface area contributed by atoms with Crippen LogP contribution in [0.5, 0.6) is 11.5 Å². The summed E-state index contributed by atoms with van der Waals surface area (Å²) in [6.45, 7) is 2.07. The molecule has 1 saturated carbocycles. The minimum atomic E-state index is -1.31. The van der Waals surface area contributed by atoms with Crippen LogP contribution in [-0.4, -0.2) is 31.9 Å². The number of carbonyl (C=O) groups is 1. The van der Waals surface area contributed by atoms with Crippen LogP contribution in [0.25, 0.3) is 0 Å². The molecule has 1 N–H and O–H groups in total. The molecule has 2 rings (SSSR count).